The predicted octanol–water partition coefficient (Wildman–Crippen LogP) is 1.57. The van der Waals surface area contributed by atoms with Crippen LogP contribution in [-0.4, -0.2) is 38.3 Å². The quantitative estimate of drug-likeness (QED) is 0.894. The van der Waals surface area contributed by atoms with E-state index in [1.165, 1.54) is 6.42 Å². The van der Waals surface area contributed by atoms with E-state index in [2.05, 4.69) is 10.3 Å². The number of aryl methyl sites for hydroxylation is 1. The molecule has 1 unspecified atom stereocenters. The first-order valence-corrected chi connectivity index (χ1v) is 6.93. The third-order valence-electron chi connectivity index (χ3n) is 4.26. The number of rotatable bonds is 4. The summed E-state index contributed by atoms with van der Waals surface area (Å²) in [5.74, 6) is -0.797. The molecule has 1 aliphatic carbocycles. The monoisotopic (exact) mass is 265 g/mol. The standard InChI is InChI=1S/C13H19N3O3/c17-12(18)3-2-10-9-16(15-14-10)11-4-7-19-13(8-11)5-1-6-13/h9,11H,1-8H2,(H,17,18). The molecule has 0 radical (unpaired) electrons. The molecule has 1 saturated heterocycles. The molecule has 3 rings (SSSR count). The van der Waals surface area contributed by atoms with Crippen LogP contribution < -0.4 is 0 Å². The Labute approximate surface area is 111 Å². The van der Waals surface area contributed by atoms with Gasteiger partial charge in [0.25, 0.3) is 0 Å². The first-order chi connectivity index (χ1) is 9.17. The van der Waals surface area contributed by atoms with Gasteiger partial charge in [-0.15, -0.1) is 5.10 Å². The SMILES string of the molecule is O=C(O)CCc1cn(C2CCOC3(CCC3)C2)nn1. The van der Waals surface area contributed by atoms with E-state index in [4.69, 9.17) is 9.84 Å². The van der Waals surface area contributed by atoms with Gasteiger partial charge >= 0.3 is 5.97 Å². The summed E-state index contributed by atoms with van der Waals surface area (Å²) >= 11 is 0. The topological polar surface area (TPSA) is 77.2 Å². The lowest BCUT2D eigenvalue weighted by atomic mass is 9.74. The summed E-state index contributed by atoms with van der Waals surface area (Å²) in [7, 11) is 0. The fraction of sp³-hybridized carbons (Fsp3) is 0.769. The number of hydrogen-bond donors (Lipinski definition) is 1. The van der Waals surface area contributed by atoms with Crippen LogP contribution in [0.4, 0.5) is 0 Å². The third-order valence-corrected chi connectivity index (χ3v) is 4.26. The normalized spacial score (nSPS) is 25.2. The van der Waals surface area contributed by atoms with Crippen LogP contribution >= 0.6 is 0 Å². The maximum atomic E-state index is 10.5. The summed E-state index contributed by atoms with van der Waals surface area (Å²) in [5, 5.41) is 16.9. The molecular weight excluding hydrogens is 246 g/mol. The number of carboxylic acids is 1. The Morgan fingerprint density at radius 2 is 2.42 bits per heavy atom. The van der Waals surface area contributed by atoms with Gasteiger partial charge in [0.05, 0.1) is 23.8 Å². The number of aliphatic carboxylic acids is 1. The average Bonchev–Trinajstić information content (AvgIpc) is 2.83. The number of aromatic nitrogens is 3. The molecule has 1 aliphatic heterocycles. The summed E-state index contributed by atoms with van der Waals surface area (Å²) in [5.41, 5.74) is 0.854. The average molecular weight is 265 g/mol. The van der Waals surface area contributed by atoms with Crippen molar-refractivity contribution in [3.63, 3.8) is 0 Å². The lowest BCUT2D eigenvalue weighted by Gasteiger charge is -2.47. The van der Waals surface area contributed by atoms with Crippen LogP contribution in [0.15, 0.2) is 6.20 Å². The van der Waals surface area contributed by atoms with Crippen molar-refractivity contribution in [1.29, 1.82) is 0 Å². The molecule has 1 aromatic rings. The highest BCUT2D eigenvalue weighted by Gasteiger charge is 2.43. The summed E-state index contributed by atoms with van der Waals surface area (Å²) in [6.45, 7) is 0.787. The summed E-state index contributed by atoms with van der Waals surface area (Å²) in [6, 6.07) is 0.347. The van der Waals surface area contributed by atoms with Crippen LogP contribution in [0.5, 0.6) is 0 Å². The van der Waals surface area contributed by atoms with Gasteiger partial charge < -0.3 is 9.84 Å². The lowest BCUT2D eigenvalue weighted by molar-refractivity contribution is -0.141. The van der Waals surface area contributed by atoms with Gasteiger partial charge in [-0.1, -0.05) is 5.21 Å². The van der Waals surface area contributed by atoms with E-state index in [9.17, 15) is 4.79 Å². The molecule has 0 aromatic carbocycles. The maximum Gasteiger partial charge on any atom is 0.303 e. The first-order valence-electron chi connectivity index (χ1n) is 6.93. The first kappa shape index (κ1) is 12.6. The van der Waals surface area contributed by atoms with E-state index in [1.807, 2.05) is 10.9 Å². The zero-order valence-corrected chi connectivity index (χ0v) is 10.9. The molecule has 1 atom stereocenters. The summed E-state index contributed by atoms with van der Waals surface area (Å²) in [4.78, 5) is 10.5. The van der Waals surface area contributed by atoms with Crippen LogP contribution in [0.1, 0.15) is 50.3 Å². The second-order valence-electron chi connectivity index (χ2n) is 5.62. The number of carboxylic acid groups (broad SMARTS) is 1. The largest absolute Gasteiger partial charge is 0.481 e. The van der Waals surface area contributed by atoms with Crippen molar-refractivity contribution in [3.8, 4) is 0 Å². The molecule has 1 saturated carbocycles. The van der Waals surface area contributed by atoms with Crippen molar-refractivity contribution >= 4 is 5.97 Å². The van der Waals surface area contributed by atoms with Crippen molar-refractivity contribution in [1.82, 2.24) is 15.0 Å². The number of carbonyl (C=O) groups is 1. The van der Waals surface area contributed by atoms with Crippen molar-refractivity contribution in [2.75, 3.05) is 6.61 Å². The van der Waals surface area contributed by atoms with E-state index >= 15 is 0 Å². The number of nitrogens with zero attached hydrogens (tertiary/aromatic N) is 3. The van der Waals surface area contributed by atoms with E-state index in [0.29, 0.717) is 12.5 Å². The highest BCUT2D eigenvalue weighted by Crippen LogP contribution is 2.45. The van der Waals surface area contributed by atoms with Gasteiger partial charge in [0.15, 0.2) is 0 Å². The molecule has 0 bridgehead atoms. The van der Waals surface area contributed by atoms with Crippen LogP contribution in [0.2, 0.25) is 0 Å². The van der Waals surface area contributed by atoms with E-state index < -0.39 is 5.97 Å². The molecule has 6 heteroatoms. The molecule has 104 valence electrons. The van der Waals surface area contributed by atoms with E-state index in [0.717, 1.165) is 38.0 Å². The molecule has 2 heterocycles. The Hall–Kier alpha value is -1.43. The second-order valence-corrected chi connectivity index (χ2v) is 5.62. The zero-order chi connectivity index (χ0) is 13.3. The fourth-order valence-electron chi connectivity index (χ4n) is 2.99. The Morgan fingerprint density at radius 1 is 1.58 bits per heavy atom. The molecule has 6 nitrogen and oxygen atoms in total. The van der Waals surface area contributed by atoms with Gasteiger partial charge in [0.1, 0.15) is 0 Å². The molecule has 1 spiro atoms. The predicted molar refractivity (Wildman–Crippen MR) is 66.8 cm³/mol. The molecule has 19 heavy (non-hydrogen) atoms. The Morgan fingerprint density at radius 3 is 3.11 bits per heavy atom. The van der Waals surface area contributed by atoms with Crippen molar-refractivity contribution < 1.29 is 14.6 Å². The van der Waals surface area contributed by atoms with Gasteiger partial charge in [-0.2, -0.15) is 0 Å². The van der Waals surface area contributed by atoms with Crippen LogP contribution in [0.25, 0.3) is 0 Å². The Bertz CT molecular complexity index is 467. The maximum absolute atomic E-state index is 10.5. The second kappa shape index (κ2) is 4.92. The number of hydrogen-bond acceptors (Lipinski definition) is 4. The van der Waals surface area contributed by atoms with Gasteiger partial charge in [0, 0.05) is 19.2 Å². The van der Waals surface area contributed by atoms with Crippen molar-refractivity contribution in [2.24, 2.45) is 0 Å². The van der Waals surface area contributed by atoms with Crippen molar-refractivity contribution in [3.05, 3.63) is 11.9 Å². The number of ether oxygens (including phenoxy) is 1. The van der Waals surface area contributed by atoms with Gasteiger partial charge in [-0.3, -0.25) is 4.79 Å². The lowest BCUT2D eigenvalue weighted by Crippen LogP contribution is -2.46. The summed E-state index contributed by atoms with van der Waals surface area (Å²) in [6.07, 6.45) is 7.99. The van der Waals surface area contributed by atoms with Crippen molar-refractivity contribution in [2.45, 2.75) is 56.6 Å². The van der Waals surface area contributed by atoms with Gasteiger partial charge in [-0.25, -0.2) is 4.68 Å². The Kier molecular flexibility index (Phi) is 3.26. The van der Waals surface area contributed by atoms with Crippen LogP contribution in [0, 0.1) is 0 Å². The van der Waals surface area contributed by atoms with Crippen LogP contribution in [-0.2, 0) is 16.0 Å². The molecule has 1 N–H and O–H groups in total. The highest BCUT2D eigenvalue weighted by atomic mass is 16.5. The molecule has 1 aromatic heterocycles. The minimum absolute atomic E-state index is 0.0933. The minimum Gasteiger partial charge on any atom is -0.481 e. The van der Waals surface area contributed by atoms with Gasteiger partial charge in [-0.05, 0) is 32.1 Å². The molecular formula is C13H19N3O3. The minimum atomic E-state index is -0.797. The molecule has 2 fully saturated rings. The third kappa shape index (κ3) is 2.63. The smallest absolute Gasteiger partial charge is 0.303 e. The van der Waals surface area contributed by atoms with E-state index in [-0.39, 0.29) is 12.0 Å². The van der Waals surface area contributed by atoms with Gasteiger partial charge in [0.2, 0.25) is 0 Å². The summed E-state index contributed by atoms with van der Waals surface area (Å²) < 4.78 is 7.80. The zero-order valence-electron chi connectivity index (χ0n) is 10.9. The Balaban J connectivity index is 1.63. The fourth-order valence-corrected chi connectivity index (χ4v) is 2.99. The van der Waals surface area contributed by atoms with E-state index in [1.54, 1.807) is 0 Å². The molecule has 0 amide bonds. The van der Waals surface area contributed by atoms with Crippen LogP contribution in [0.3, 0.4) is 0 Å². The molecule has 2 aliphatic rings. The highest BCUT2D eigenvalue weighted by molar-refractivity contribution is 5.66.